The Labute approximate surface area is 164 Å². The second kappa shape index (κ2) is 9.85. The summed E-state index contributed by atoms with van der Waals surface area (Å²) in [6, 6.07) is 12.0. The average molecular weight is 387 g/mol. The van der Waals surface area contributed by atoms with E-state index in [-0.39, 0.29) is 30.2 Å². The van der Waals surface area contributed by atoms with Crippen molar-refractivity contribution in [3.8, 4) is 0 Å². The normalized spacial score (nSPS) is 11.8. The molecule has 0 saturated carbocycles. The van der Waals surface area contributed by atoms with Gasteiger partial charge in [-0.25, -0.2) is 9.18 Å². The van der Waals surface area contributed by atoms with Gasteiger partial charge in [0.2, 0.25) is 5.91 Å². The summed E-state index contributed by atoms with van der Waals surface area (Å²) in [7, 11) is 0. The van der Waals surface area contributed by atoms with E-state index in [1.165, 1.54) is 36.1 Å². The molecule has 2 aromatic carbocycles. The summed E-state index contributed by atoms with van der Waals surface area (Å²) < 4.78 is 13.1. The molecule has 0 aliphatic heterocycles. The van der Waals surface area contributed by atoms with Crippen LogP contribution >= 0.6 is 0 Å². The third-order valence-electron chi connectivity index (χ3n) is 3.98. The highest BCUT2D eigenvalue weighted by atomic mass is 19.1. The smallest absolute Gasteiger partial charge is 0.321 e. The van der Waals surface area contributed by atoms with Gasteiger partial charge in [0.25, 0.3) is 0 Å². The van der Waals surface area contributed by atoms with E-state index < -0.39 is 6.10 Å². The SMILES string of the molecule is CC(=O)Nc1ccc(NC(=O)N(CC(C)C)CC(O)c2ccc(F)cc2)cc1. The number of aliphatic hydroxyl groups excluding tert-OH is 1. The molecule has 0 heterocycles. The monoisotopic (exact) mass is 387 g/mol. The summed E-state index contributed by atoms with van der Waals surface area (Å²) in [5, 5.41) is 15.9. The number of nitrogens with one attached hydrogen (secondary N) is 2. The van der Waals surface area contributed by atoms with E-state index in [0.717, 1.165) is 0 Å². The minimum absolute atomic E-state index is 0.0830. The number of rotatable bonds is 7. The number of nitrogens with zero attached hydrogens (tertiary/aromatic N) is 1. The molecule has 0 spiro atoms. The number of hydrogen-bond acceptors (Lipinski definition) is 3. The van der Waals surface area contributed by atoms with Gasteiger partial charge in [-0.05, 0) is 47.9 Å². The van der Waals surface area contributed by atoms with Crippen molar-refractivity contribution in [2.75, 3.05) is 23.7 Å². The Kier molecular flexibility index (Phi) is 7.52. The fourth-order valence-electron chi connectivity index (χ4n) is 2.72. The van der Waals surface area contributed by atoms with E-state index in [1.54, 1.807) is 24.3 Å². The quantitative estimate of drug-likeness (QED) is 0.671. The Morgan fingerprint density at radius 3 is 2.00 bits per heavy atom. The van der Waals surface area contributed by atoms with Crippen molar-refractivity contribution in [1.29, 1.82) is 0 Å². The minimum Gasteiger partial charge on any atom is -0.387 e. The van der Waals surface area contributed by atoms with Gasteiger partial charge in [0, 0.05) is 24.8 Å². The number of benzene rings is 2. The molecule has 0 radical (unpaired) electrons. The topological polar surface area (TPSA) is 81.7 Å². The molecule has 2 rings (SSSR count). The van der Waals surface area contributed by atoms with Crippen LogP contribution in [0.5, 0.6) is 0 Å². The molecular formula is C21H26FN3O3. The maximum Gasteiger partial charge on any atom is 0.321 e. The van der Waals surface area contributed by atoms with Gasteiger partial charge in [-0.1, -0.05) is 26.0 Å². The van der Waals surface area contributed by atoms with Crippen molar-refractivity contribution in [2.45, 2.75) is 26.9 Å². The molecule has 150 valence electrons. The molecule has 28 heavy (non-hydrogen) atoms. The molecular weight excluding hydrogens is 361 g/mol. The molecule has 1 atom stereocenters. The van der Waals surface area contributed by atoms with Crippen LogP contribution in [0.25, 0.3) is 0 Å². The molecule has 7 heteroatoms. The highest BCUT2D eigenvalue weighted by Crippen LogP contribution is 2.18. The molecule has 1 unspecified atom stereocenters. The van der Waals surface area contributed by atoms with Crippen molar-refractivity contribution in [2.24, 2.45) is 5.92 Å². The predicted molar refractivity (Wildman–Crippen MR) is 108 cm³/mol. The molecule has 0 aliphatic rings. The van der Waals surface area contributed by atoms with Crippen molar-refractivity contribution in [3.63, 3.8) is 0 Å². The van der Waals surface area contributed by atoms with E-state index in [1.807, 2.05) is 13.8 Å². The summed E-state index contributed by atoms with van der Waals surface area (Å²) in [5.74, 6) is -0.349. The fourth-order valence-corrected chi connectivity index (χ4v) is 2.72. The number of anilines is 2. The summed E-state index contributed by atoms with van der Waals surface area (Å²) in [6.45, 7) is 5.92. The van der Waals surface area contributed by atoms with Crippen LogP contribution in [0.2, 0.25) is 0 Å². The fraction of sp³-hybridized carbons (Fsp3) is 0.333. The number of aliphatic hydroxyl groups is 1. The van der Waals surface area contributed by atoms with Gasteiger partial charge >= 0.3 is 6.03 Å². The van der Waals surface area contributed by atoms with Gasteiger partial charge in [-0.2, -0.15) is 0 Å². The van der Waals surface area contributed by atoms with Crippen LogP contribution < -0.4 is 10.6 Å². The summed E-state index contributed by atoms with van der Waals surface area (Å²) >= 11 is 0. The van der Waals surface area contributed by atoms with Crippen LogP contribution in [0.15, 0.2) is 48.5 Å². The minimum atomic E-state index is -0.924. The van der Waals surface area contributed by atoms with E-state index in [2.05, 4.69) is 10.6 Å². The second-order valence-corrected chi connectivity index (χ2v) is 7.05. The maximum atomic E-state index is 13.1. The molecule has 6 nitrogen and oxygen atoms in total. The third-order valence-corrected chi connectivity index (χ3v) is 3.98. The average Bonchev–Trinajstić information content (AvgIpc) is 2.62. The van der Waals surface area contributed by atoms with Gasteiger partial charge in [0.1, 0.15) is 5.82 Å². The van der Waals surface area contributed by atoms with Crippen LogP contribution in [-0.4, -0.2) is 35.0 Å². The highest BCUT2D eigenvalue weighted by Gasteiger charge is 2.20. The number of carbonyl (C=O) groups is 2. The summed E-state index contributed by atoms with van der Waals surface area (Å²) in [4.78, 5) is 25.3. The van der Waals surface area contributed by atoms with Gasteiger partial charge in [-0.15, -0.1) is 0 Å². The van der Waals surface area contributed by atoms with Crippen LogP contribution in [0, 0.1) is 11.7 Å². The first-order valence-electron chi connectivity index (χ1n) is 9.11. The van der Waals surface area contributed by atoms with Gasteiger partial charge in [0.15, 0.2) is 0 Å². The Morgan fingerprint density at radius 1 is 0.964 bits per heavy atom. The first-order valence-corrected chi connectivity index (χ1v) is 9.11. The lowest BCUT2D eigenvalue weighted by Crippen LogP contribution is -2.40. The standard InChI is InChI=1S/C21H26FN3O3/c1-14(2)12-25(13-20(27)16-4-6-17(22)7-5-16)21(28)24-19-10-8-18(9-11-19)23-15(3)26/h4-11,14,20,27H,12-13H2,1-3H3,(H,23,26)(H,24,28). The number of hydrogen-bond donors (Lipinski definition) is 3. The number of halogens is 1. The largest absolute Gasteiger partial charge is 0.387 e. The van der Waals surface area contributed by atoms with Crippen molar-refractivity contribution < 1.29 is 19.1 Å². The molecule has 0 fully saturated rings. The van der Waals surface area contributed by atoms with Crippen molar-refractivity contribution in [1.82, 2.24) is 4.90 Å². The predicted octanol–water partition coefficient (Wildman–Crippen LogP) is 4.01. The number of urea groups is 1. The van der Waals surface area contributed by atoms with Gasteiger partial charge in [0.05, 0.1) is 12.6 Å². The van der Waals surface area contributed by atoms with Gasteiger partial charge < -0.3 is 20.6 Å². The van der Waals surface area contributed by atoms with Crippen LogP contribution in [0.3, 0.4) is 0 Å². The molecule has 0 saturated heterocycles. The van der Waals surface area contributed by atoms with E-state index in [9.17, 15) is 19.1 Å². The third kappa shape index (κ3) is 6.66. The number of amides is 3. The van der Waals surface area contributed by atoms with Crippen LogP contribution in [0.1, 0.15) is 32.4 Å². The van der Waals surface area contributed by atoms with E-state index >= 15 is 0 Å². The molecule has 3 amide bonds. The Bertz CT molecular complexity index is 792. The second-order valence-electron chi connectivity index (χ2n) is 7.05. The molecule has 0 bridgehead atoms. The summed E-state index contributed by atoms with van der Waals surface area (Å²) in [6.07, 6.45) is -0.924. The molecule has 2 aromatic rings. The zero-order valence-corrected chi connectivity index (χ0v) is 16.3. The highest BCUT2D eigenvalue weighted by molar-refractivity contribution is 5.91. The molecule has 0 aliphatic carbocycles. The van der Waals surface area contributed by atoms with Crippen LogP contribution in [0.4, 0.5) is 20.6 Å². The lowest BCUT2D eigenvalue weighted by Gasteiger charge is -2.27. The first kappa shape index (κ1) is 21.4. The summed E-state index contributed by atoms with van der Waals surface area (Å²) in [5.41, 5.74) is 1.75. The zero-order valence-electron chi connectivity index (χ0n) is 16.3. The lowest BCUT2D eigenvalue weighted by atomic mass is 10.1. The Balaban J connectivity index is 2.05. The van der Waals surface area contributed by atoms with E-state index in [4.69, 9.17) is 0 Å². The Hall–Kier alpha value is -2.93. The molecule has 3 N–H and O–H groups in total. The lowest BCUT2D eigenvalue weighted by molar-refractivity contribution is -0.114. The van der Waals surface area contributed by atoms with Crippen LogP contribution in [-0.2, 0) is 4.79 Å². The zero-order chi connectivity index (χ0) is 20.7. The molecule has 0 aromatic heterocycles. The Morgan fingerprint density at radius 2 is 1.50 bits per heavy atom. The maximum absolute atomic E-state index is 13.1. The van der Waals surface area contributed by atoms with Gasteiger partial charge in [-0.3, -0.25) is 4.79 Å². The van der Waals surface area contributed by atoms with E-state index in [0.29, 0.717) is 23.5 Å². The number of carbonyl (C=O) groups excluding carboxylic acids is 2. The van der Waals surface area contributed by atoms with Crippen molar-refractivity contribution >= 4 is 23.3 Å². The van der Waals surface area contributed by atoms with Crippen molar-refractivity contribution in [3.05, 3.63) is 59.9 Å². The first-order chi connectivity index (χ1) is 13.2.